The van der Waals surface area contributed by atoms with E-state index in [9.17, 15) is 4.79 Å². The summed E-state index contributed by atoms with van der Waals surface area (Å²) < 4.78 is 5.31. The molecule has 4 nitrogen and oxygen atoms in total. The second-order valence-electron chi connectivity index (χ2n) is 3.78. The fourth-order valence-electron chi connectivity index (χ4n) is 1.75. The molecule has 2 aromatic rings. The van der Waals surface area contributed by atoms with E-state index < -0.39 is 0 Å². The highest BCUT2D eigenvalue weighted by molar-refractivity contribution is 5.78. The third kappa shape index (κ3) is 2.29. The van der Waals surface area contributed by atoms with Gasteiger partial charge < -0.3 is 4.74 Å². The molecule has 0 radical (unpaired) electrons. The van der Waals surface area contributed by atoms with E-state index in [4.69, 9.17) is 4.74 Å². The largest absolute Gasteiger partial charge is 0.496 e. The number of hydrogen-bond donors (Lipinski definition) is 0. The van der Waals surface area contributed by atoms with E-state index in [0.717, 1.165) is 11.1 Å². The molecule has 90 valence electrons. The van der Waals surface area contributed by atoms with Gasteiger partial charge in [-0.05, 0) is 31.2 Å². The van der Waals surface area contributed by atoms with Crippen LogP contribution in [0.5, 0.6) is 5.75 Å². The number of ether oxygens (including phenoxy) is 1. The predicted octanol–water partition coefficient (Wildman–Crippen LogP) is 3.03. The van der Waals surface area contributed by atoms with Crippen LogP contribution in [0, 0.1) is 6.92 Å². The summed E-state index contributed by atoms with van der Waals surface area (Å²) in [5, 5.41) is 0. The lowest BCUT2D eigenvalue weighted by molar-refractivity contribution is 0.416. The predicted molar refractivity (Wildman–Crippen MR) is 68.7 cm³/mol. The lowest BCUT2D eigenvalue weighted by atomic mass is 10.1. The number of aliphatic imine (C=N–C) groups is 1. The van der Waals surface area contributed by atoms with Crippen LogP contribution in [-0.4, -0.2) is 18.2 Å². The smallest absolute Gasteiger partial charge is 0.240 e. The van der Waals surface area contributed by atoms with Crippen LogP contribution in [0.3, 0.4) is 0 Å². The van der Waals surface area contributed by atoms with E-state index in [0.29, 0.717) is 17.1 Å². The van der Waals surface area contributed by atoms with Crippen molar-refractivity contribution in [1.29, 1.82) is 0 Å². The molecule has 0 aliphatic heterocycles. The molecule has 0 atom stereocenters. The maximum Gasteiger partial charge on any atom is 0.240 e. The molecule has 4 heteroatoms. The van der Waals surface area contributed by atoms with Crippen LogP contribution in [0.15, 0.2) is 41.5 Å². The van der Waals surface area contributed by atoms with Gasteiger partial charge in [0.25, 0.3) is 0 Å². The highest BCUT2D eigenvalue weighted by atomic mass is 16.5. The minimum atomic E-state index is 0.483. The Morgan fingerprint density at radius 2 is 2.17 bits per heavy atom. The Kier molecular flexibility index (Phi) is 3.51. The highest BCUT2D eigenvalue weighted by Crippen LogP contribution is 2.34. The van der Waals surface area contributed by atoms with E-state index in [2.05, 4.69) is 9.98 Å². The molecule has 0 spiro atoms. The third-order valence-electron chi connectivity index (χ3n) is 2.56. The van der Waals surface area contributed by atoms with Crippen molar-refractivity contribution < 1.29 is 9.53 Å². The second-order valence-corrected chi connectivity index (χ2v) is 3.78. The van der Waals surface area contributed by atoms with Crippen LogP contribution in [0.25, 0.3) is 11.3 Å². The number of methoxy groups -OCH3 is 1. The summed E-state index contributed by atoms with van der Waals surface area (Å²) in [7, 11) is 1.60. The fraction of sp³-hybridized carbons (Fsp3) is 0.143. The number of rotatable bonds is 3. The standard InChI is InChI=1S/C14H12N2O2/c1-10-5-6-13(18-2)11(8-10)14-12(16-9-17)4-3-7-15-14/h3-8H,1-2H3. The Morgan fingerprint density at radius 1 is 1.33 bits per heavy atom. The topological polar surface area (TPSA) is 51.6 Å². The van der Waals surface area contributed by atoms with E-state index in [1.165, 1.54) is 0 Å². The highest BCUT2D eigenvalue weighted by Gasteiger charge is 2.11. The molecule has 0 bridgehead atoms. The van der Waals surface area contributed by atoms with Crippen LogP contribution in [0.1, 0.15) is 5.56 Å². The molecule has 0 saturated heterocycles. The summed E-state index contributed by atoms with van der Waals surface area (Å²) in [4.78, 5) is 18.4. The molecule has 0 N–H and O–H groups in total. The van der Waals surface area contributed by atoms with Crippen molar-refractivity contribution in [3.8, 4) is 17.0 Å². The zero-order valence-corrected chi connectivity index (χ0v) is 10.2. The summed E-state index contributed by atoms with van der Waals surface area (Å²) >= 11 is 0. The molecule has 0 aliphatic carbocycles. The number of nitrogens with zero attached hydrogens (tertiary/aromatic N) is 2. The summed E-state index contributed by atoms with van der Waals surface area (Å²) in [5.41, 5.74) is 2.99. The SMILES string of the molecule is COc1ccc(C)cc1-c1ncccc1N=C=O. The molecule has 0 aliphatic rings. The number of aryl methyl sites for hydroxylation is 1. The first-order valence-electron chi connectivity index (χ1n) is 5.44. The van der Waals surface area contributed by atoms with Crippen molar-refractivity contribution in [1.82, 2.24) is 4.98 Å². The summed E-state index contributed by atoms with van der Waals surface area (Å²) in [6.07, 6.45) is 3.19. The molecule has 0 amide bonds. The van der Waals surface area contributed by atoms with E-state index in [-0.39, 0.29) is 0 Å². The van der Waals surface area contributed by atoms with Crippen LogP contribution in [-0.2, 0) is 4.79 Å². The van der Waals surface area contributed by atoms with Gasteiger partial charge in [0, 0.05) is 11.8 Å². The van der Waals surface area contributed by atoms with Gasteiger partial charge in [0.15, 0.2) is 0 Å². The zero-order chi connectivity index (χ0) is 13.0. The first-order chi connectivity index (χ1) is 8.76. The Hall–Kier alpha value is -2.45. The van der Waals surface area contributed by atoms with Crippen LogP contribution in [0.4, 0.5) is 5.69 Å². The third-order valence-corrected chi connectivity index (χ3v) is 2.56. The van der Waals surface area contributed by atoms with Crippen molar-refractivity contribution in [2.75, 3.05) is 7.11 Å². The summed E-state index contributed by atoms with van der Waals surface area (Å²) in [6, 6.07) is 9.21. The maximum absolute atomic E-state index is 10.4. The van der Waals surface area contributed by atoms with Crippen molar-refractivity contribution in [3.05, 3.63) is 42.1 Å². The van der Waals surface area contributed by atoms with Crippen molar-refractivity contribution in [3.63, 3.8) is 0 Å². The molecular formula is C14H12N2O2. The minimum absolute atomic E-state index is 0.483. The van der Waals surface area contributed by atoms with Crippen molar-refractivity contribution in [2.45, 2.75) is 6.92 Å². The van der Waals surface area contributed by atoms with Gasteiger partial charge in [0.1, 0.15) is 17.1 Å². The van der Waals surface area contributed by atoms with E-state index in [1.54, 1.807) is 31.5 Å². The molecule has 1 aromatic carbocycles. The average Bonchev–Trinajstić information content (AvgIpc) is 2.40. The Bertz CT molecular complexity index is 617. The number of aromatic nitrogens is 1. The first-order valence-corrected chi connectivity index (χ1v) is 5.44. The van der Waals surface area contributed by atoms with Gasteiger partial charge in [-0.15, -0.1) is 0 Å². The fourth-order valence-corrected chi connectivity index (χ4v) is 1.75. The Balaban J connectivity index is 2.68. The lowest BCUT2D eigenvalue weighted by Crippen LogP contribution is -1.91. The molecule has 1 aromatic heterocycles. The Labute approximate surface area is 105 Å². The van der Waals surface area contributed by atoms with Gasteiger partial charge in [-0.25, -0.2) is 4.79 Å². The normalized spacial score (nSPS) is 9.67. The molecular weight excluding hydrogens is 228 g/mol. The summed E-state index contributed by atoms with van der Waals surface area (Å²) in [5.74, 6) is 0.696. The first kappa shape index (κ1) is 12.0. The van der Waals surface area contributed by atoms with E-state index >= 15 is 0 Å². The van der Waals surface area contributed by atoms with Crippen LogP contribution >= 0.6 is 0 Å². The van der Waals surface area contributed by atoms with Crippen LogP contribution < -0.4 is 4.74 Å². The van der Waals surface area contributed by atoms with Crippen molar-refractivity contribution >= 4 is 11.8 Å². The number of benzene rings is 1. The maximum atomic E-state index is 10.4. The second kappa shape index (κ2) is 5.25. The van der Waals surface area contributed by atoms with Crippen LogP contribution in [0.2, 0.25) is 0 Å². The number of hydrogen-bond acceptors (Lipinski definition) is 4. The molecule has 1 heterocycles. The Morgan fingerprint density at radius 3 is 2.89 bits per heavy atom. The van der Waals surface area contributed by atoms with Gasteiger partial charge in [-0.1, -0.05) is 11.6 Å². The monoisotopic (exact) mass is 240 g/mol. The summed E-state index contributed by atoms with van der Waals surface area (Å²) in [6.45, 7) is 1.98. The van der Waals surface area contributed by atoms with Gasteiger partial charge in [-0.3, -0.25) is 4.98 Å². The number of pyridine rings is 1. The average molecular weight is 240 g/mol. The molecule has 0 fully saturated rings. The quantitative estimate of drug-likeness (QED) is 0.612. The zero-order valence-electron chi connectivity index (χ0n) is 10.2. The van der Waals surface area contributed by atoms with Gasteiger partial charge in [0.05, 0.1) is 7.11 Å². The molecule has 0 unspecified atom stereocenters. The van der Waals surface area contributed by atoms with Crippen molar-refractivity contribution in [2.24, 2.45) is 4.99 Å². The van der Waals surface area contributed by atoms with E-state index in [1.807, 2.05) is 25.1 Å². The number of carbonyl (C=O) groups excluding carboxylic acids is 1. The van der Waals surface area contributed by atoms with Gasteiger partial charge in [0.2, 0.25) is 6.08 Å². The van der Waals surface area contributed by atoms with Gasteiger partial charge in [-0.2, -0.15) is 4.99 Å². The minimum Gasteiger partial charge on any atom is -0.496 e. The molecule has 0 saturated carbocycles. The molecule has 18 heavy (non-hydrogen) atoms. The van der Waals surface area contributed by atoms with Gasteiger partial charge >= 0.3 is 0 Å². The molecule has 2 rings (SSSR count). The lowest BCUT2D eigenvalue weighted by Gasteiger charge is -2.10. The number of isocyanates is 1.